The highest BCUT2D eigenvalue weighted by atomic mass is 79.9. The average Bonchev–Trinajstić information content (AvgIpc) is 2.48. The molecule has 0 spiro atoms. The number of carbonyl (C=O) groups excluding carboxylic acids is 1. The van der Waals surface area contributed by atoms with Crippen LogP contribution in [0.5, 0.6) is 0 Å². The van der Waals surface area contributed by atoms with Crippen LogP contribution in [-0.4, -0.2) is 11.8 Å². The van der Waals surface area contributed by atoms with E-state index in [2.05, 4.69) is 21.2 Å². The molecule has 0 aliphatic carbocycles. The van der Waals surface area contributed by atoms with Crippen molar-refractivity contribution in [3.63, 3.8) is 0 Å². The topological polar surface area (TPSA) is 29.1 Å². The van der Waals surface area contributed by atoms with Gasteiger partial charge < -0.3 is 5.32 Å². The van der Waals surface area contributed by atoms with Crippen molar-refractivity contribution in [3.8, 4) is 0 Å². The van der Waals surface area contributed by atoms with E-state index in [0.29, 0.717) is 16.0 Å². The van der Waals surface area contributed by atoms with Gasteiger partial charge in [-0.15, -0.1) is 11.6 Å². The van der Waals surface area contributed by atoms with Gasteiger partial charge in [-0.1, -0.05) is 12.1 Å². The number of halogens is 3. The summed E-state index contributed by atoms with van der Waals surface area (Å²) in [7, 11) is 0. The van der Waals surface area contributed by atoms with Crippen LogP contribution in [0.3, 0.4) is 0 Å². The second kappa shape index (κ2) is 7.57. The zero-order valence-corrected chi connectivity index (χ0v) is 13.5. The van der Waals surface area contributed by atoms with Crippen LogP contribution >= 0.6 is 27.5 Å². The van der Waals surface area contributed by atoms with Gasteiger partial charge in [0.05, 0.1) is 5.56 Å². The van der Waals surface area contributed by atoms with Gasteiger partial charge >= 0.3 is 0 Å². The van der Waals surface area contributed by atoms with E-state index in [4.69, 9.17) is 11.6 Å². The van der Waals surface area contributed by atoms with Crippen molar-refractivity contribution >= 4 is 39.1 Å². The Morgan fingerprint density at radius 1 is 1.24 bits per heavy atom. The van der Waals surface area contributed by atoms with Gasteiger partial charge in [0, 0.05) is 16.0 Å². The minimum Gasteiger partial charge on any atom is -0.322 e. The number of aryl methyl sites for hydroxylation is 1. The summed E-state index contributed by atoms with van der Waals surface area (Å²) >= 11 is 8.93. The summed E-state index contributed by atoms with van der Waals surface area (Å²) in [6, 6.07) is 11.6. The third-order valence-electron chi connectivity index (χ3n) is 2.96. The Bertz CT molecular complexity index is 648. The van der Waals surface area contributed by atoms with E-state index in [9.17, 15) is 9.18 Å². The summed E-state index contributed by atoms with van der Waals surface area (Å²) in [4.78, 5) is 12.2. The maximum Gasteiger partial charge on any atom is 0.256 e. The standard InChI is InChI=1S/C16H14BrClFNO/c17-15-7-6-12(19)10-14(15)16(21)20-13-5-1-3-11(9-13)4-2-8-18/h1,3,5-7,9-10H,2,4,8H2,(H,20,21). The zero-order chi connectivity index (χ0) is 15.2. The van der Waals surface area contributed by atoms with Crippen LogP contribution in [0.15, 0.2) is 46.9 Å². The van der Waals surface area contributed by atoms with Crippen LogP contribution in [0, 0.1) is 5.82 Å². The van der Waals surface area contributed by atoms with Crippen LogP contribution < -0.4 is 5.32 Å². The number of rotatable bonds is 5. The summed E-state index contributed by atoms with van der Waals surface area (Å²) < 4.78 is 13.8. The van der Waals surface area contributed by atoms with Gasteiger partial charge in [-0.25, -0.2) is 4.39 Å². The first-order valence-electron chi connectivity index (χ1n) is 6.51. The van der Waals surface area contributed by atoms with Crippen molar-refractivity contribution in [2.24, 2.45) is 0 Å². The Kier molecular flexibility index (Phi) is 5.76. The Labute approximate surface area is 136 Å². The lowest BCUT2D eigenvalue weighted by atomic mass is 10.1. The van der Waals surface area contributed by atoms with Crippen molar-refractivity contribution in [1.29, 1.82) is 0 Å². The molecule has 0 atom stereocenters. The lowest BCUT2D eigenvalue weighted by Crippen LogP contribution is -2.13. The fourth-order valence-corrected chi connectivity index (χ4v) is 2.51. The molecule has 0 saturated heterocycles. The van der Waals surface area contributed by atoms with Gasteiger partial charge in [-0.05, 0) is 64.7 Å². The second-order valence-corrected chi connectivity index (χ2v) is 5.80. The Balaban J connectivity index is 2.14. The highest BCUT2D eigenvalue weighted by Gasteiger charge is 2.11. The molecule has 1 amide bonds. The first-order valence-corrected chi connectivity index (χ1v) is 7.84. The molecule has 1 N–H and O–H groups in total. The predicted molar refractivity (Wildman–Crippen MR) is 87.5 cm³/mol. The van der Waals surface area contributed by atoms with Gasteiger partial charge in [-0.2, -0.15) is 0 Å². The molecular formula is C16H14BrClFNO. The van der Waals surface area contributed by atoms with Gasteiger partial charge in [0.1, 0.15) is 5.82 Å². The van der Waals surface area contributed by atoms with Gasteiger partial charge in [-0.3, -0.25) is 4.79 Å². The van der Waals surface area contributed by atoms with E-state index in [1.807, 2.05) is 18.2 Å². The van der Waals surface area contributed by atoms with E-state index in [0.717, 1.165) is 18.4 Å². The monoisotopic (exact) mass is 369 g/mol. The summed E-state index contributed by atoms with van der Waals surface area (Å²) in [5.74, 6) is -0.192. The van der Waals surface area contributed by atoms with Crippen LogP contribution in [0.2, 0.25) is 0 Å². The van der Waals surface area contributed by atoms with Crippen molar-refractivity contribution in [2.45, 2.75) is 12.8 Å². The highest BCUT2D eigenvalue weighted by Crippen LogP contribution is 2.20. The van der Waals surface area contributed by atoms with Gasteiger partial charge in [0.25, 0.3) is 5.91 Å². The summed E-state index contributed by atoms with van der Waals surface area (Å²) in [5, 5.41) is 2.77. The van der Waals surface area contributed by atoms with E-state index >= 15 is 0 Å². The quantitative estimate of drug-likeness (QED) is 0.736. The van der Waals surface area contributed by atoms with Gasteiger partial charge in [0.2, 0.25) is 0 Å². The maximum absolute atomic E-state index is 13.2. The van der Waals surface area contributed by atoms with E-state index < -0.39 is 5.82 Å². The van der Waals surface area contributed by atoms with Crippen molar-refractivity contribution in [1.82, 2.24) is 0 Å². The van der Waals surface area contributed by atoms with E-state index in [1.54, 1.807) is 6.07 Å². The Hall–Kier alpha value is -1.39. The Morgan fingerprint density at radius 3 is 2.81 bits per heavy atom. The molecule has 0 radical (unpaired) electrons. The summed E-state index contributed by atoms with van der Waals surface area (Å²) in [6.45, 7) is 0. The number of hydrogen-bond acceptors (Lipinski definition) is 1. The molecule has 2 aromatic rings. The molecule has 21 heavy (non-hydrogen) atoms. The maximum atomic E-state index is 13.2. The molecule has 0 saturated carbocycles. The normalized spacial score (nSPS) is 10.4. The lowest BCUT2D eigenvalue weighted by molar-refractivity contribution is 0.102. The lowest BCUT2D eigenvalue weighted by Gasteiger charge is -2.08. The molecule has 0 aliphatic heterocycles. The minimum absolute atomic E-state index is 0.265. The molecule has 0 heterocycles. The van der Waals surface area contributed by atoms with Crippen molar-refractivity contribution < 1.29 is 9.18 Å². The third kappa shape index (κ3) is 4.55. The number of carbonyl (C=O) groups is 1. The number of alkyl halides is 1. The fraction of sp³-hybridized carbons (Fsp3) is 0.188. The highest BCUT2D eigenvalue weighted by molar-refractivity contribution is 9.10. The predicted octanol–water partition coefficient (Wildman–Crippen LogP) is 5.01. The second-order valence-electron chi connectivity index (χ2n) is 4.57. The summed E-state index contributed by atoms with van der Waals surface area (Å²) in [6.07, 6.45) is 1.74. The molecule has 5 heteroatoms. The Morgan fingerprint density at radius 2 is 2.05 bits per heavy atom. The molecule has 0 unspecified atom stereocenters. The average molecular weight is 371 g/mol. The third-order valence-corrected chi connectivity index (χ3v) is 3.92. The number of hydrogen-bond donors (Lipinski definition) is 1. The van der Waals surface area contributed by atoms with Crippen LogP contribution in [-0.2, 0) is 6.42 Å². The largest absolute Gasteiger partial charge is 0.322 e. The van der Waals surface area contributed by atoms with E-state index in [1.165, 1.54) is 18.2 Å². The number of benzene rings is 2. The minimum atomic E-state index is -0.445. The molecule has 0 aliphatic rings. The van der Waals surface area contributed by atoms with Crippen molar-refractivity contribution in [3.05, 3.63) is 63.9 Å². The molecule has 2 aromatic carbocycles. The molecular weight excluding hydrogens is 357 g/mol. The molecule has 0 aromatic heterocycles. The van der Waals surface area contributed by atoms with Crippen molar-refractivity contribution in [2.75, 3.05) is 11.2 Å². The number of amides is 1. The first kappa shape index (κ1) is 16.0. The molecule has 0 bridgehead atoms. The number of nitrogens with one attached hydrogen (secondary N) is 1. The molecule has 0 fully saturated rings. The number of anilines is 1. The zero-order valence-electron chi connectivity index (χ0n) is 11.2. The first-order chi connectivity index (χ1) is 10.1. The fourth-order valence-electron chi connectivity index (χ4n) is 1.95. The van der Waals surface area contributed by atoms with Crippen LogP contribution in [0.25, 0.3) is 0 Å². The van der Waals surface area contributed by atoms with E-state index in [-0.39, 0.29) is 11.5 Å². The smallest absolute Gasteiger partial charge is 0.256 e. The van der Waals surface area contributed by atoms with Crippen LogP contribution in [0.1, 0.15) is 22.3 Å². The summed E-state index contributed by atoms with van der Waals surface area (Å²) in [5.41, 5.74) is 2.05. The SMILES string of the molecule is O=C(Nc1cccc(CCCCl)c1)c1cc(F)ccc1Br. The molecule has 2 rings (SSSR count). The van der Waals surface area contributed by atoms with Crippen LogP contribution in [0.4, 0.5) is 10.1 Å². The van der Waals surface area contributed by atoms with Gasteiger partial charge in [0.15, 0.2) is 0 Å². The molecule has 2 nitrogen and oxygen atoms in total. The molecule has 110 valence electrons.